The van der Waals surface area contributed by atoms with Crippen molar-refractivity contribution in [3.63, 3.8) is 0 Å². The average molecular weight is 708 g/mol. The number of hydrogen-bond donors (Lipinski definition) is 0. The van der Waals surface area contributed by atoms with Gasteiger partial charge in [-0.3, -0.25) is 0 Å². The van der Waals surface area contributed by atoms with Gasteiger partial charge in [-0.1, -0.05) is 12.5 Å². The van der Waals surface area contributed by atoms with Gasteiger partial charge in [0.1, 0.15) is 0 Å². The number of allylic oxidation sites excluding steroid dienone is 2. The summed E-state index contributed by atoms with van der Waals surface area (Å²) in [6.45, 7) is 0.493. The monoisotopic (exact) mass is 706 g/mol. The van der Waals surface area contributed by atoms with Gasteiger partial charge >= 0.3 is 276 Å². The van der Waals surface area contributed by atoms with Crippen LogP contribution in [-0.4, -0.2) is 24.3 Å². The number of benzene rings is 4. The van der Waals surface area contributed by atoms with E-state index in [2.05, 4.69) is 106 Å². The van der Waals surface area contributed by atoms with E-state index >= 15 is 0 Å². The van der Waals surface area contributed by atoms with Gasteiger partial charge in [-0.2, -0.15) is 0 Å². The van der Waals surface area contributed by atoms with Gasteiger partial charge in [0, 0.05) is 0 Å². The number of ether oxygens (including phenoxy) is 1. The van der Waals surface area contributed by atoms with E-state index in [0.717, 1.165) is 57.5 Å². The van der Waals surface area contributed by atoms with Crippen molar-refractivity contribution in [3.05, 3.63) is 138 Å². The molecule has 0 aromatic heterocycles. The van der Waals surface area contributed by atoms with Crippen LogP contribution in [0.4, 0.5) is 0 Å². The summed E-state index contributed by atoms with van der Waals surface area (Å²) in [6, 6.07) is 40.5. The summed E-state index contributed by atoms with van der Waals surface area (Å²) in [5.41, 5.74) is 1.67. The fraction of sp³-hybridized carbons (Fsp3) is 0.333. The molecule has 5 heteroatoms. The van der Waals surface area contributed by atoms with Gasteiger partial charge < -0.3 is 0 Å². The molecule has 0 unspecified atom stereocenters. The first-order valence-corrected chi connectivity index (χ1v) is 21.9. The predicted octanol–water partition coefficient (Wildman–Crippen LogP) is 9.56. The number of ketones is 2. The molecule has 0 atom stereocenters. The third kappa shape index (κ3) is 5.98. The molecule has 0 aliphatic heterocycles. The first-order chi connectivity index (χ1) is 23.0. The van der Waals surface area contributed by atoms with E-state index in [0.29, 0.717) is 40.9 Å². The van der Waals surface area contributed by atoms with Crippen molar-refractivity contribution < 1.29 is 14.3 Å². The zero-order valence-electron chi connectivity index (χ0n) is 27.0. The van der Waals surface area contributed by atoms with Crippen molar-refractivity contribution in [2.45, 2.75) is 57.8 Å². The standard InChI is InChI=1S/C42H44BrO3P/c43-47(34-17-7-2-8-18-34,35-19-9-3-10-20-35,36-21-11-4-12-22-36)30-32-27-25-31(26-28-32)29-46-42-39(33-15-5-1-6-16-33)40(44)37-23-13-14-24-38(37)41(42)45/h2-4,7-14,17-24,31-33H,1,5-6,15-16,25-30H2. The summed E-state index contributed by atoms with van der Waals surface area (Å²) in [4.78, 5) is 27.6. The molecule has 2 fully saturated rings. The van der Waals surface area contributed by atoms with Gasteiger partial charge in [0.15, 0.2) is 0 Å². The van der Waals surface area contributed by atoms with Gasteiger partial charge in [-0.25, -0.2) is 0 Å². The summed E-state index contributed by atoms with van der Waals surface area (Å²) in [5, 5.41) is 1.11. The zero-order chi connectivity index (χ0) is 32.3. The van der Waals surface area contributed by atoms with Crippen molar-refractivity contribution in [1.29, 1.82) is 0 Å². The molecular weight excluding hydrogens is 663 g/mol. The van der Waals surface area contributed by atoms with Crippen LogP contribution in [-0.2, 0) is 4.74 Å². The van der Waals surface area contributed by atoms with Gasteiger partial charge in [0.2, 0.25) is 0 Å². The summed E-state index contributed by atoms with van der Waals surface area (Å²) >= 11 is 4.65. The van der Waals surface area contributed by atoms with E-state index in [9.17, 15) is 9.59 Å². The van der Waals surface area contributed by atoms with E-state index in [-0.39, 0.29) is 17.5 Å². The number of rotatable bonds is 9. The summed E-state index contributed by atoms with van der Waals surface area (Å²) in [5.74, 6) is 1.23. The minimum atomic E-state index is -2.99. The van der Waals surface area contributed by atoms with E-state index in [1.807, 2.05) is 12.1 Å². The van der Waals surface area contributed by atoms with Crippen LogP contribution in [0.1, 0.15) is 78.5 Å². The van der Waals surface area contributed by atoms with Crippen LogP contribution in [0.25, 0.3) is 0 Å². The molecule has 242 valence electrons. The van der Waals surface area contributed by atoms with Crippen molar-refractivity contribution in [1.82, 2.24) is 0 Å². The van der Waals surface area contributed by atoms with E-state index < -0.39 is 5.31 Å². The van der Waals surface area contributed by atoms with Crippen LogP contribution >= 0.6 is 20.8 Å². The molecule has 3 aliphatic carbocycles. The topological polar surface area (TPSA) is 43.4 Å². The third-order valence-electron chi connectivity index (χ3n) is 11.0. The van der Waals surface area contributed by atoms with Crippen molar-refractivity contribution in [2.75, 3.05) is 12.8 Å². The van der Waals surface area contributed by atoms with Crippen molar-refractivity contribution in [3.8, 4) is 0 Å². The number of carbonyl (C=O) groups excluding carboxylic acids is 2. The molecular formula is C42H44BrO3P. The van der Waals surface area contributed by atoms with E-state index in [1.165, 1.54) is 22.3 Å². The molecule has 0 heterocycles. The second kappa shape index (κ2) is 13.7. The van der Waals surface area contributed by atoms with Crippen LogP contribution in [0.5, 0.6) is 0 Å². The molecule has 3 aliphatic rings. The molecule has 0 radical (unpaired) electrons. The van der Waals surface area contributed by atoms with Gasteiger partial charge in [0.25, 0.3) is 0 Å². The van der Waals surface area contributed by atoms with Crippen molar-refractivity contribution >= 4 is 48.3 Å². The number of carbonyl (C=O) groups is 2. The number of halogens is 1. The molecule has 0 saturated heterocycles. The molecule has 0 bridgehead atoms. The predicted molar refractivity (Wildman–Crippen MR) is 199 cm³/mol. The first kappa shape index (κ1) is 32.2. The molecule has 2 saturated carbocycles. The quantitative estimate of drug-likeness (QED) is 0.163. The second-order valence-electron chi connectivity index (χ2n) is 13.9. The Labute approximate surface area is 287 Å². The summed E-state index contributed by atoms with van der Waals surface area (Å²) in [7, 11) is 0. The van der Waals surface area contributed by atoms with Crippen LogP contribution in [0, 0.1) is 17.8 Å². The zero-order valence-corrected chi connectivity index (χ0v) is 29.5. The molecule has 4 aromatic rings. The Morgan fingerprint density at radius 3 is 1.51 bits per heavy atom. The second-order valence-corrected chi connectivity index (χ2v) is 22.8. The molecule has 7 rings (SSSR count). The van der Waals surface area contributed by atoms with Crippen LogP contribution in [0.3, 0.4) is 0 Å². The molecule has 0 spiro atoms. The molecule has 0 N–H and O–H groups in total. The molecule has 0 amide bonds. The Morgan fingerprint density at radius 2 is 1.00 bits per heavy atom. The number of fused-ring (bicyclic) bond motifs is 1. The Bertz CT molecular complexity index is 1650. The first-order valence-electron chi connectivity index (χ1n) is 17.4. The Kier molecular flexibility index (Phi) is 9.36. The van der Waals surface area contributed by atoms with E-state index in [1.54, 1.807) is 12.1 Å². The van der Waals surface area contributed by atoms with Gasteiger partial charge in [-0.05, 0) is 0 Å². The van der Waals surface area contributed by atoms with Crippen LogP contribution < -0.4 is 15.9 Å². The minimum absolute atomic E-state index is 0.00263. The SMILES string of the molecule is O=C1C(OCC2CCC(CP(Br)(c3ccccc3)(c3ccccc3)c3ccccc3)CC2)=C(C2CCCCC2)C(=O)c2ccccc21. The average Bonchev–Trinajstić information content (AvgIpc) is 3.14. The Morgan fingerprint density at radius 1 is 0.553 bits per heavy atom. The molecule has 47 heavy (non-hydrogen) atoms. The summed E-state index contributed by atoms with van der Waals surface area (Å²) < 4.78 is 6.50. The maximum atomic E-state index is 13.8. The maximum absolute atomic E-state index is 13.8. The molecule has 4 aromatic carbocycles. The fourth-order valence-electron chi connectivity index (χ4n) is 8.52. The van der Waals surface area contributed by atoms with Gasteiger partial charge in [0.05, 0.1) is 0 Å². The van der Waals surface area contributed by atoms with E-state index in [4.69, 9.17) is 4.74 Å². The fourth-order valence-corrected chi connectivity index (χ4v) is 17.1. The normalized spacial score (nSPS) is 21.5. The Balaban J connectivity index is 1.13. The van der Waals surface area contributed by atoms with Crippen molar-refractivity contribution in [2.24, 2.45) is 17.8 Å². The van der Waals surface area contributed by atoms with Crippen LogP contribution in [0.15, 0.2) is 127 Å². The molecule has 3 nitrogen and oxygen atoms in total. The van der Waals surface area contributed by atoms with Crippen LogP contribution in [0.2, 0.25) is 0 Å². The Hall–Kier alpha value is -3.33. The van der Waals surface area contributed by atoms with Gasteiger partial charge in [-0.15, -0.1) is 0 Å². The number of hydrogen-bond acceptors (Lipinski definition) is 3. The summed E-state index contributed by atoms with van der Waals surface area (Å²) in [6.07, 6.45) is 10.7. The number of Topliss-reactive ketones (excluding diaryl/α,β-unsaturated/α-hetero) is 2. The third-order valence-corrected chi connectivity index (χ3v) is 20.9.